The van der Waals surface area contributed by atoms with Gasteiger partial charge in [0.15, 0.2) is 0 Å². The summed E-state index contributed by atoms with van der Waals surface area (Å²) in [6.45, 7) is 9.07. The summed E-state index contributed by atoms with van der Waals surface area (Å²) in [4.78, 5) is 45.0. The smallest absolute Gasteiger partial charge is 0.305 e. The highest BCUT2D eigenvalue weighted by molar-refractivity contribution is 6.48. The molecule has 0 saturated heterocycles. The molecule has 7 nitrogen and oxygen atoms in total. The van der Waals surface area contributed by atoms with Gasteiger partial charge in [-0.1, -0.05) is 75.5 Å². The molecule has 1 aromatic rings. The molecule has 0 bridgehead atoms. The maximum atomic E-state index is 14.3. The van der Waals surface area contributed by atoms with E-state index in [4.69, 9.17) is 33.3 Å². The predicted octanol–water partition coefficient (Wildman–Crippen LogP) is 6.96. The third-order valence-electron chi connectivity index (χ3n) is 8.79. The van der Waals surface area contributed by atoms with Gasteiger partial charge in [0.05, 0.1) is 22.5 Å². The van der Waals surface area contributed by atoms with Crippen molar-refractivity contribution < 1.29 is 19.5 Å². The van der Waals surface area contributed by atoms with Gasteiger partial charge in [0.25, 0.3) is 5.91 Å². The van der Waals surface area contributed by atoms with Gasteiger partial charge in [-0.15, -0.1) is 0 Å². The first-order valence-corrected chi connectivity index (χ1v) is 15.4. The normalized spacial score (nSPS) is 23.7. The largest absolute Gasteiger partial charge is 0.481 e. The van der Waals surface area contributed by atoms with E-state index in [0.29, 0.717) is 45.7 Å². The quantitative estimate of drug-likeness (QED) is 0.319. The van der Waals surface area contributed by atoms with Crippen molar-refractivity contribution >= 4 is 46.7 Å². The Morgan fingerprint density at radius 1 is 1.15 bits per heavy atom. The molecule has 1 saturated carbocycles. The molecule has 1 fully saturated rings. The van der Waals surface area contributed by atoms with Crippen LogP contribution in [-0.4, -0.2) is 51.8 Å². The first kappa shape index (κ1) is 31.3. The van der Waals surface area contributed by atoms with Crippen molar-refractivity contribution in [1.82, 2.24) is 10.2 Å². The minimum absolute atomic E-state index is 0.0851. The molecule has 41 heavy (non-hydrogen) atoms. The first-order chi connectivity index (χ1) is 19.4. The average molecular weight is 603 g/mol. The summed E-state index contributed by atoms with van der Waals surface area (Å²) in [6.07, 6.45) is 10.1. The molecule has 0 aromatic heterocycles. The van der Waals surface area contributed by atoms with Crippen LogP contribution in [0.5, 0.6) is 0 Å². The number of carbonyl (C=O) groups is 3. The summed E-state index contributed by atoms with van der Waals surface area (Å²) in [5.41, 5.74) is 2.41. The first-order valence-electron chi connectivity index (χ1n) is 14.6. The molecular weight excluding hydrogens is 561 g/mol. The fourth-order valence-corrected chi connectivity index (χ4v) is 6.74. The number of carbonyl (C=O) groups excluding carboxylic acids is 2. The molecule has 2 aliphatic carbocycles. The van der Waals surface area contributed by atoms with Crippen molar-refractivity contribution in [3.05, 3.63) is 57.1 Å². The third kappa shape index (κ3) is 6.89. The lowest BCUT2D eigenvalue weighted by atomic mass is 9.69. The maximum Gasteiger partial charge on any atom is 0.305 e. The zero-order valence-corrected chi connectivity index (χ0v) is 25.9. The Kier molecular flexibility index (Phi) is 9.70. The molecule has 1 spiro atoms. The van der Waals surface area contributed by atoms with E-state index in [2.05, 4.69) is 33.0 Å². The number of allylic oxidation sites excluding steroid dienone is 2. The van der Waals surface area contributed by atoms with Crippen LogP contribution in [0.3, 0.4) is 0 Å². The summed E-state index contributed by atoms with van der Waals surface area (Å²) in [5, 5.41) is 12.4. The van der Waals surface area contributed by atoms with Crippen molar-refractivity contribution in [2.45, 2.75) is 97.2 Å². The molecule has 1 heterocycles. The van der Waals surface area contributed by atoms with Crippen LogP contribution in [0.25, 0.3) is 0 Å². The molecule has 222 valence electrons. The van der Waals surface area contributed by atoms with Crippen LogP contribution in [0, 0.1) is 11.3 Å². The van der Waals surface area contributed by atoms with Crippen LogP contribution in [0.4, 0.5) is 0 Å². The number of amides is 2. The molecule has 0 radical (unpaired) electrons. The standard InChI is InChI=1S/C32H41Cl2N3O4/c1-5-6-26(20-7-9-21(10-8-20)29(40)35-18-15-27(38)39)37-30(41)28(22-11-12-24(33)25(34)19-22)36-32(37)16-13-23(14-17-32)31(2,3)4/h7,9,11-12,19,23,26H,5-6,8,10,13-18H2,1-4H3,(H,35,40)(H,38,39). The van der Waals surface area contributed by atoms with Crippen molar-refractivity contribution in [2.24, 2.45) is 16.3 Å². The van der Waals surface area contributed by atoms with Crippen LogP contribution in [0.2, 0.25) is 10.0 Å². The lowest BCUT2D eigenvalue weighted by molar-refractivity contribution is -0.137. The number of hydrogen-bond acceptors (Lipinski definition) is 4. The van der Waals surface area contributed by atoms with E-state index >= 15 is 0 Å². The minimum atomic E-state index is -0.948. The lowest BCUT2D eigenvalue weighted by Gasteiger charge is -2.48. The zero-order chi connectivity index (χ0) is 29.9. The molecule has 1 aliphatic heterocycles. The van der Waals surface area contributed by atoms with Crippen LogP contribution >= 0.6 is 23.2 Å². The van der Waals surface area contributed by atoms with E-state index in [1.54, 1.807) is 12.1 Å². The number of carboxylic acid groups (broad SMARTS) is 1. The monoisotopic (exact) mass is 601 g/mol. The van der Waals surface area contributed by atoms with Crippen LogP contribution in [0.1, 0.15) is 91.0 Å². The summed E-state index contributed by atoms with van der Waals surface area (Å²) in [5.74, 6) is -0.722. The Labute approximate surface area is 253 Å². The van der Waals surface area contributed by atoms with Crippen LogP contribution in [0.15, 0.2) is 46.5 Å². The Bertz CT molecular complexity index is 1290. The second kappa shape index (κ2) is 12.7. The van der Waals surface area contributed by atoms with Gasteiger partial charge in [0, 0.05) is 17.7 Å². The Morgan fingerprint density at radius 3 is 2.41 bits per heavy atom. The molecule has 2 amide bonds. The highest BCUT2D eigenvalue weighted by Crippen LogP contribution is 2.48. The maximum absolute atomic E-state index is 14.3. The van der Waals surface area contributed by atoms with Crippen LogP contribution in [-0.2, 0) is 14.4 Å². The predicted molar refractivity (Wildman–Crippen MR) is 163 cm³/mol. The van der Waals surface area contributed by atoms with Gasteiger partial charge in [0.2, 0.25) is 5.91 Å². The summed E-state index contributed by atoms with van der Waals surface area (Å²) >= 11 is 12.5. The number of nitrogens with one attached hydrogen (secondary N) is 1. The van der Waals surface area contributed by atoms with E-state index < -0.39 is 11.6 Å². The molecule has 3 aliphatic rings. The van der Waals surface area contributed by atoms with Crippen molar-refractivity contribution in [1.29, 1.82) is 0 Å². The fraction of sp³-hybridized carbons (Fsp3) is 0.562. The topological polar surface area (TPSA) is 99.1 Å². The van der Waals surface area contributed by atoms with Crippen molar-refractivity contribution in [2.75, 3.05) is 6.54 Å². The van der Waals surface area contributed by atoms with Gasteiger partial charge >= 0.3 is 5.97 Å². The zero-order valence-electron chi connectivity index (χ0n) is 24.4. The fourth-order valence-electron chi connectivity index (χ4n) is 6.45. The van der Waals surface area contributed by atoms with Crippen molar-refractivity contribution in [3.8, 4) is 0 Å². The van der Waals surface area contributed by atoms with Crippen LogP contribution < -0.4 is 5.32 Å². The number of halogens is 2. The summed E-state index contributed by atoms with van der Waals surface area (Å²) in [7, 11) is 0. The number of benzene rings is 1. The van der Waals surface area contributed by atoms with Gasteiger partial charge in [-0.05, 0) is 74.0 Å². The lowest BCUT2D eigenvalue weighted by Crippen LogP contribution is -2.55. The Hall–Kier alpha value is -2.64. The third-order valence-corrected chi connectivity index (χ3v) is 9.53. The minimum Gasteiger partial charge on any atom is -0.481 e. The Morgan fingerprint density at radius 2 is 1.85 bits per heavy atom. The van der Waals surface area contributed by atoms with Gasteiger partial charge in [-0.3, -0.25) is 19.4 Å². The van der Waals surface area contributed by atoms with E-state index in [0.717, 1.165) is 44.1 Å². The molecule has 4 rings (SSSR count). The molecule has 1 unspecified atom stereocenters. The molecule has 1 aromatic carbocycles. The number of rotatable bonds is 9. The van der Waals surface area contributed by atoms with E-state index in [9.17, 15) is 14.4 Å². The summed E-state index contributed by atoms with van der Waals surface area (Å²) in [6, 6.07) is 5.11. The second-order valence-corrected chi connectivity index (χ2v) is 13.3. The highest BCUT2D eigenvalue weighted by atomic mass is 35.5. The number of aliphatic imine (C=N–C) groups is 1. The van der Waals surface area contributed by atoms with E-state index in [-0.39, 0.29) is 36.2 Å². The number of carboxylic acids is 1. The van der Waals surface area contributed by atoms with E-state index in [1.807, 2.05) is 23.1 Å². The highest BCUT2D eigenvalue weighted by Gasteiger charge is 2.52. The average Bonchev–Trinajstić information content (AvgIpc) is 3.19. The number of aliphatic carboxylic acids is 1. The van der Waals surface area contributed by atoms with Gasteiger partial charge < -0.3 is 15.3 Å². The van der Waals surface area contributed by atoms with Crippen molar-refractivity contribution in [3.63, 3.8) is 0 Å². The SMILES string of the molecule is CCCC(C1=CC=C(C(=O)NCCC(=O)O)CC1)N1C(=O)C(c2ccc(Cl)c(Cl)c2)=NC12CCC(C(C)(C)C)CC2. The van der Waals surface area contributed by atoms with Gasteiger partial charge in [-0.2, -0.15) is 0 Å². The van der Waals surface area contributed by atoms with E-state index in [1.165, 1.54) is 0 Å². The summed E-state index contributed by atoms with van der Waals surface area (Å²) < 4.78 is 0. The molecule has 1 atom stereocenters. The molecule has 9 heteroatoms. The number of nitrogens with zero attached hydrogens (tertiary/aromatic N) is 2. The molecular formula is C32H41Cl2N3O4. The Balaban J connectivity index is 1.67. The van der Waals surface area contributed by atoms with Gasteiger partial charge in [0.1, 0.15) is 11.4 Å². The molecule has 2 N–H and O–H groups in total. The number of hydrogen-bond donors (Lipinski definition) is 2. The second-order valence-electron chi connectivity index (χ2n) is 12.5. The van der Waals surface area contributed by atoms with Gasteiger partial charge in [-0.25, -0.2) is 0 Å².